The van der Waals surface area contributed by atoms with Crippen molar-refractivity contribution in [3.05, 3.63) is 52.8 Å². The van der Waals surface area contributed by atoms with Crippen molar-refractivity contribution in [2.75, 3.05) is 0 Å². The molecule has 1 atom stereocenters. The smallest absolute Gasteiger partial charge is 0.0723 e. The number of aryl methyl sites for hydroxylation is 3. The molecule has 3 heteroatoms. The van der Waals surface area contributed by atoms with Gasteiger partial charge < -0.3 is 5.73 Å². The van der Waals surface area contributed by atoms with Crippen molar-refractivity contribution >= 4 is 0 Å². The molecule has 0 spiro atoms. The Balaban J connectivity index is 2.37. The topological polar surface area (TPSA) is 43.8 Å². The number of benzene rings is 1. The average Bonchev–Trinajstić information content (AvgIpc) is 2.79. The second-order valence-corrected chi connectivity index (χ2v) is 4.60. The molecule has 0 saturated carbocycles. The third kappa shape index (κ3) is 2.46. The van der Waals surface area contributed by atoms with Gasteiger partial charge in [0.25, 0.3) is 0 Å². The van der Waals surface area contributed by atoms with Gasteiger partial charge in [-0.1, -0.05) is 31.2 Å². The van der Waals surface area contributed by atoms with Gasteiger partial charge in [-0.05, 0) is 37.5 Å². The summed E-state index contributed by atoms with van der Waals surface area (Å²) in [5.74, 6) is 0. The summed E-state index contributed by atoms with van der Waals surface area (Å²) in [4.78, 5) is 0. The van der Waals surface area contributed by atoms with Crippen LogP contribution < -0.4 is 5.73 Å². The van der Waals surface area contributed by atoms with E-state index in [2.05, 4.69) is 49.3 Å². The molecule has 2 rings (SSSR count). The van der Waals surface area contributed by atoms with E-state index in [1.807, 2.05) is 11.6 Å². The molecular weight excluding hydrogens is 222 g/mol. The van der Waals surface area contributed by atoms with E-state index in [0.29, 0.717) is 0 Å². The van der Waals surface area contributed by atoms with Gasteiger partial charge >= 0.3 is 0 Å². The summed E-state index contributed by atoms with van der Waals surface area (Å²) in [5, 5.41) is 4.45. The minimum absolute atomic E-state index is 0.0994. The third-order valence-electron chi connectivity index (χ3n) is 3.27. The molecule has 0 bridgehead atoms. The molecule has 18 heavy (non-hydrogen) atoms. The molecule has 0 fully saturated rings. The van der Waals surface area contributed by atoms with Crippen LogP contribution in [0.25, 0.3) is 0 Å². The molecule has 0 amide bonds. The fourth-order valence-corrected chi connectivity index (χ4v) is 2.25. The number of aromatic nitrogens is 2. The summed E-state index contributed by atoms with van der Waals surface area (Å²) in [7, 11) is 0. The molecule has 0 aliphatic heterocycles. The van der Waals surface area contributed by atoms with E-state index in [9.17, 15) is 0 Å². The van der Waals surface area contributed by atoms with Crippen molar-refractivity contribution in [2.45, 2.75) is 39.8 Å². The third-order valence-corrected chi connectivity index (χ3v) is 3.27. The maximum absolute atomic E-state index is 6.37. The molecule has 0 aliphatic carbocycles. The first-order chi connectivity index (χ1) is 8.65. The molecule has 1 aromatic heterocycles. The van der Waals surface area contributed by atoms with Gasteiger partial charge in [0.05, 0.1) is 17.4 Å². The summed E-state index contributed by atoms with van der Waals surface area (Å²) in [6.45, 7) is 7.10. The van der Waals surface area contributed by atoms with Crippen molar-refractivity contribution in [1.29, 1.82) is 0 Å². The number of hydrogen-bond acceptors (Lipinski definition) is 2. The average molecular weight is 243 g/mol. The molecule has 3 nitrogen and oxygen atoms in total. The molecule has 96 valence electrons. The Morgan fingerprint density at radius 3 is 2.72 bits per heavy atom. The van der Waals surface area contributed by atoms with Gasteiger partial charge in [0.15, 0.2) is 0 Å². The quantitative estimate of drug-likeness (QED) is 0.897. The van der Waals surface area contributed by atoms with Crippen molar-refractivity contribution in [1.82, 2.24) is 9.78 Å². The maximum Gasteiger partial charge on any atom is 0.0723 e. The van der Waals surface area contributed by atoms with Crippen LogP contribution in [0, 0.1) is 6.92 Å². The minimum atomic E-state index is -0.0994. The first kappa shape index (κ1) is 12.8. The van der Waals surface area contributed by atoms with Crippen molar-refractivity contribution in [3.63, 3.8) is 0 Å². The lowest BCUT2D eigenvalue weighted by Crippen LogP contribution is -2.17. The van der Waals surface area contributed by atoms with Gasteiger partial charge in [-0.3, -0.25) is 4.68 Å². The van der Waals surface area contributed by atoms with Crippen LogP contribution in [0.1, 0.15) is 42.4 Å². The molecule has 0 saturated heterocycles. The van der Waals surface area contributed by atoms with Gasteiger partial charge in [-0.25, -0.2) is 0 Å². The number of nitrogens with zero attached hydrogens (tertiary/aromatic N) is 2. The predicted octanol–water partition coefficient (Wildman–Crippen LogP) is 2.82. The van der Waals surface area contributed by atoms with Crippen molar-refractivity contribution in [2.24, 2.45) is 5.73 Å². The van der Waals surface area contributed by atoms with E-state index in [4.69, 9.17) is 5.73 Å². The van der Waals surface area contributed by atoms with Gasteiger partial charge in [-0.15, -0.1) is 0 Å². The van der Waals surface area contributed by atoms with E-state index in [1.54, 1.807) is 0 Å². The normalized spacial score (nSPS) is 12.7. The highest BCUT2D eigenvalue weighted by Crippen LogP contribution is 2.21. The fraction of sp³-hybridized carbons (Fsp3) is 0.400. The fourth-order valence-electron chi connectivity index (χ4n) is 2.25. The standard InChI is InChI=1S/C15H21N3/c1-4-12-7-6-8-13(10-12)15(16)14-9-11(3)17-18(14)5-2/h6-10,15H,4-5,16H2,1-3H3. The molecular formula is C15H21N3. The first-order valence-corrected chi connectivity index (χ1v) is 6.54. The lowest BCUT2D eigenvalue weighted by Gasteiger charge is -2.14. The highest BCUT2D eigenvalue weighted by atomic mass is 15.3. The molecule has 2 N–H and O–H groups in total. The molecule has 2 aromatic rings. The van der Waals surface area contributed by atoms with E-state index in [1.165, 1.54) is 5.56 Å². The van der Waals surface area contributed by atoms with Crippen LogP contribution in [0.3, 0.4) is 0 Å². The highest BCUT2D eigenvalue weighted by Gasteiger charge is 2.14. The van der Waals surface area contributed by atoms with Crippen LogP contribution in [0.4, 0.5) is 0 Å². The van der Waals surface area contributed by atoms with Crippen molar-refractivity contribution < 1.29 is 0 Å². The zero-order valence-corrected chi connectivity index (χ0v) is 11.4. The van der Waals surface area contributed by atoms with Crippen LogP contribution in [0.5, 0.6) is 0 Å². The van der Waals surface area contributed by atoms with Crippen LogP contribution in [-0.4, -0.2) is 9.78 Å². The first-order valence-electron chi connectivity index (χ1n) is 6.54. The zero-order chi connectivity index (χ0) is 13.1. The molecule has 1 aromatic carbocycles. The lowest BCUT2D eigenvalue weighted by atomic mass is 10.0. The maximum atomic E-state index is 6.37. The summed E-state index contributed by atoms with van der Waals surface area (Å²) < 4.78 is 1.98. The van der Waals surface area contributed by atoms with Crippen LogP contribution in [-0.2, 0) is 13.0 Å². The SMILES string of the molecule is CCc1cccc(C(N)c2cc(C)nn2CC)c1. The largest absolute Gasteiger partial charge is 0.319 e. The molecule has 0 radical (unpaired) electrons. The summed E-state index contributed by atoms with van der Waals surface area (Å²) in [5.41, 5.74) is 11.0. The Hall–Kier alpha value is -1.61. The molecule has 1 unspecified atom stereocenters. The van der Waals surface area contributed by atoms with Crippen LogP contribution in [0.2, 0.25) is 0 Å². The van der Waals surface area contributed by atoms with E-state index in [-0.39, 0.29) is 6.04 Å². The Kier molecular flexibility index (Phi) is 3.82. The predicted molar refractivity (Wildman–Crippen MR) is 74.5 cm³/mol. The number of nitrogens with two attached hydrogens (primary N) is 1. The van der Waals surface area contributed by atoms with Gasteiger partial charge in [0.1, 0.15) is 0 Å². The summed E-state index contributed by atoms with van der Waals surface area (Å²) in [6, 6.07) is 10.5. The Bertz CT molecular complexity index is 528. The second-order valence-electron chi connectivity index (χ2n) is 4.60. The van der Waals surface area contributed by atoms with E-state index in [0.717, 1.165) is 29.9 Å². The monoisotopic (exact) mass is 243 g/mol. The van der Waals surface area contributed by atoms with Gasteiger partial charge in [0, 0.05) is 6.54 Å². The Labute approximate surface area is 109 Å². The molecule has 0 aliphatic rings. The minimum Gasteiger partial charge on any atom is -0.319 e. The van der Waals surface area contributed by atoms with Crippen LogP contribution >= 0.6 is 0 Å². The lowest BCUT2D eigenvalue weighted by molar-refractivity contribution is 0.597. The number of hydrogen-bond donors (Lipinski definition) is 1. The Morgan fingerprint density at radius 2 is 2.06 bits per heavy atom. The van der Waals surface area contributed by atoms with Gasteiger partial charge in [-0.2, -0.15) is 5.10 Å². The van der Waals surface area contributed by atoms with Crippen molar-refractivity contribution in [3.8, 4) is 0 Å². The van der Waals surface area contributed by atoms with Crippen LogP contribution in [0.15, 0.2) is 30.3 Å². The Morgan fingerprint density at radius 1 is 1.28 bits per heavy atom. The number of rotatable bonds is 4. The zero-order valence-electron chi connectivity index (χ0n) is 11.4. The van der Waals surface area contributed by atoms with Gasteiger partial charge in [0.2, 0.25) is 0 Å². The summed E-state index contributed by atoms with van der Waals surface area (Å²) in [6.07, 6.45) is 1.03. The highest BCUT2D eigenvalue weighted by molar-refractivity contribution is 5.31. The van der Waals surface area contributed by atoms with E-state index < -0.39 is 0 Å². The van der Waals surface area contributed by atoms with E-state index >= 15 is 0 Å². The second kappa shape index (κ2) is 5.36. The molecule has 1 heterocycles. The summed E-state index contributed by atoms with van der Waals surface area (Å²) >= 11 is 0.